The lowest BCUT2D eigenvalue weighted by Crippen LogP contribution is -2.36. The Hall–Kier alpha value is -0.520. The number of hydrogen-bond acceptors (Lipinski definition) is 4. The summed E-state index contributed by atoms with van der Waals surface area (Å²) in [6, 6.07) is -0.150. The molecule has 1 amide bonds. The highest BCUT2D eigenvalue weighted by Gasteiger charge is 2.34. The van der Waals surface area contributed by atoms with Crippen molar-refractivity contribution in [2.45, 2.75) is 32.4 Å². The number of aliphatic hydroxyl groups excluding tert-OH is 1. The van der Waals surface area contributed by atoms with E-state index in [0.717, 1.165) is 0 Å². The maximum atomic E-state index is 11.6. The van der Waals surface area contributed by atoms with Crippen molar-refractivity contribution < 1.29 is 14.6 Å². The molecule has 1 heterocycles. The fraction of sp³-hybridized carbons (Fsp3) is 0.900. The van der Waals surface area contributed by atoms with Crippen LogP contribution in [0, 0.1) is 5.92 Å². The Balaban J connectivity index is 0.00000225. The minimum atomic E-state index is -0.488. The van der Waals surface area contributed by atoms with Gasteiger partial charge in [0.25, 0.3) is 0 Å². The zero-order valence-corrected chi connectivity index (χ0v) is 10.8. The molecule has 0 saturated carbocycles. The second-order valence-electron chi connectivity index (χ2n) is 4.99. The van der Waals surface area contributed by atoms with Crippen molar-refractivity contribution in [3.05, 3.63) is 0 Å². The fourth-order valence-corrected chi connectivity index (χ4v) is 1.57. The van der Waals surface area contributed by atoms with Crippen molar-refractivity contribution in [3.8, 4) is 0 Å². The van der Waals surface area contributed by atoms with E-state index in [2.05, 4.69) is 0 Å². The van der Waals surface area contributed by atoms with Crippen LogP contribution in [0.15, 0.2) is 0 Å². The topological polar surface area (TPSA) is 75.8 Å². The molecule has 96 valence electrons. The van der Waals surface area contributed by atoms with E-state index in [1.54, 1.807) is 4.90 Å². The molecule has 5 nitrogen and oxygen atoms in total. The third-order valence-corrected chi connectivity index (χ3v) is 2.38. The van der Waals surface area contributed by atoms with Crippen LogP contribution in [0.3, 0.4) is 0 Å². The molecule has 6 heteroatoms. The summed E-state index contributed by atoms with van der Waals surface area (Å²) in [5.41, 5.74) is 5.28. The van der Waals surface area contributed by atoms with Crippen LogP contribution in [0.25, 0.3) is 0 Å². The van der Waals surface area contributed by atoms with Gasteiger partial charge in [0.1, 0.15) is 5.60 Å². The van der Waals surface area contributed by atoms with Crippen molar-refractivity contribution in [1.82, 2.24) is 4.90 Å². The van der Waals surface area contributed by atoms with Crippen LogP contribution < -0.4 is 5.73 Å². The zero-order chi connectivity index (χ0) is 11.6. The Kier molecular flexibility index (Phi) is 5.52. The maximum Gasteiger partial charge on any atom is 0.410 e. The molecule has 3 N–H and O–H groups in total. The predicted molar refractivity (Wildman–Crippen MR) is 63.6 cm³/mol. The van der Waals surface area contributed by atoms with Crippen LogP contribution in [0.4, 0.5) is 4.79 Å². The van der Waals surface area contributed by atoms with Gasteiger partial charge >= 0.3 is 6.09 Å². The molecular formula is C10H21ClN2O3. The van der Waals surface area contributed by atoms with Crippen molar-refractivity contribution in [3.63, 3.8) is 0 Å². The van der Waals surface area contributed by atoms with E-state index in [9.17, 15) is 4.79 Å². The van der Waals surface area contributed by atoms with Crippen molar-refractivity contribution in [1.29, 1.82) is 0 Å². The zero-order valence-electron chi connectivity index (χ0n) is 9.97. The number of carbonyl (C=O) groups is 1. The minimum Gasteiger partial charge on any atom is -0.444 e. The second kappa shape index (κ2) is 5.70. The molecule has 0 radical (unpaired) electrons. The van der Waals surface area contributed by atoms with Crippen LogP contribution in [0.2, 0.25) is 0 Å². The molecular weight excluding hydrogens is 232 g/mol. The monoisotopic (exact) mass is 252 g/mol. The fourth-order valence-electron chi connectivity index (χ4n) is 1.57. The highest BCUT2D eigenvalue weighted by atomic mass is 35.5. The highest BCUT2D eigenvalue weighted by molar-refractivity contribution is 5.85. The lowest BCUT2D eigenvalue weighted by atomic mass is 10.1. The van der Waals surface area contributed by atoms with Crippen LogP contribution >= 0.6 is 12.4 Å². The van der Waals surface area contributed by atoms with E-state index in [1.165, 1.54) is 0 Å². The van der Waals surface area contributed by atoms with Gasteiger partial charge in [-0.1, -0.05) is 0 Å². The molecule has 0 aromatic carbocycles. The summed E-state index contributed by atoms with van der Waals surface area (Å²) in [5, 5.41) is 9.01. The van der Waals surface area contributed by atoms with Crippen molar-refractivity contribution in [2.24, 2.45) is 11.7 Å². The van der Waals surface area contributed by atoms with Gasteiger partial charge in [-0.2, -0.15) is 0 Å². The molecule has 16 heavy (non-hydrogen) atoms. The number of nitrogens with two attached hydrogens (primary N) is 1. The molecule has 1 rings (SSSR count). The van der Waals surface area contributed by atoms with Crippen LogP contribution in [-0.2, 0) is 4.74 Å². The number of halogens is 1. The first-order valence-corrected chi connectivity index (χ1v) is 5.18. The van der Waals surface area contributed by atoms with Gasteiger partial charge in [0.15, 0.2) is 0 Å². The van der Waals surface area contributed by atoms with E-state index >= 15 is 0 Å². The molecule has 1 aliphatic rings. The average molecular weight is 253 g/mol. The van der Waals surface area contributed by atoms with E-state index in [0.29, 0.717) is 13.1 Å². The minimum absolute atomic E-state index is 0. The lowest BCUT2D eigenvalue weighted by molar-refractivity contribution is 0.0283. The third kappa shape index (κ3) is 4.15. The summed E-state index contributed by atoms with van der Waals surface area (Å²) in [5.74, 6) is -0.0301. The summed E-state index contributed by atoms with van der Waals surface area (Å²) in [7, 11) is 0. The Labute approximate surface area is 102 Å². The van der Waals surface area contributed by atoms with E-state index < -0.39 is 5.60 Å². The summed E-state index contributed by atoms with van der Waals surface area (Å²) >= 11 is 0. The Morgan fingerprint density at radius 3 is 2.44 bits per heavy atom. The molecule has 2 atom stereocenters. The number of rotatable bonds is 1. The van der Waals surface area contributed by atoms with Gasteiger partial charge in [0.2, 0.25) is 0 Å². The number of likely N-dealkylation sites (tertiary alicyclic amines) is 1. The molecule has 0 bridgehead atoms. The van der Waals surface area contributed by atoms with Crippen molar-refractivity contribution in [2.75, 3.05) is 19.7 Å². The van der Waals surface area contributed by atoms with Crippen molar-refractivity contribution >= 4 is 18.5 Å². The normalized spacial score (nSPS) is 25.2. The first-order valence-electron chi connectivity index (χ1n) is 5.18. The average Bonchev–Trinajstić information content (AvgIpc) is 2.43. The number of amides is 1. The summed E-state index contributed by atoms with van der Waals surface area (Å²) in [4.78, 5) is 13.2. The van der Waals surface area contributed by atoms with E-state index in [4.69, 9.17) is 15.6 Å². The quantitative estimate of drug-likeness (QED) is 0.716. The van der Waals surface area contributed by atoms with Gasteiger partial charge in [-0.05, 0) is 20.8 Å². The number of carbonyl (C=O) groups excluding carboxylic acids is 1. The number of aliphatic hydroxyl groups is 1. The summed E-state index contributed by atoms with van der Waals surface area (Å²) in [6.45, 7) is 6.42. The smallest absolute Gasteiger partial charge is 0.410 e. The summed E-state index contributed by atoms with van der Waals surface area (Å²) in [6.07, 6.45) is -0.353. The van der Waals surface area contributed by atoms with Crippen LogP contribution in [0.5, 0.6) is 0 Å². The van der Waals surface area contributed by atoms with Crippen LogP contribution in [0.1, 0.15) is 20.8 Å². The van der Waals surface area contributed by atoms with E-state index in [-0.39, 0.29) is 37.1 Å². The molecule has 1 saturated heterocycles. The van der Waals surface area contributed by atoms with Gasteiger partial charge in [-0.25, -0.2) is 4.79 Å². The van der Waals surface area contributed by atoms with Gasteiger partial charge in [-0.15, -0.1) is 12.4 Å². The molecule has 1 fully saturated rings. The van der Waals surface area contributed by atoms with Crippen LogP contribution in [-0.4, -0.2) is 47.4 Å². The number of hydrogen-bond donors (Lipinski definition) is 2. The second-order valence-corrected chi connectivity index (χ2v) is 4.99. The van der Waals surface area contributed by atoms with E-state index in [1.807, 2.05) is 20.8 Å². The number of nitrogens with zero attached hydrogens (tertiary/aromatic N) is 1. The molecule has 0 aliphatic carbocycles. The van der Waals surface area contributed by atoms with Gasteiger partial charge < -0.3 is 20.5 Å². The largest absolute Gasteiger partial charge is 0.444 e. The Bertz CT molecular complexity index is 243. The third-order valence-electron chi connectivity index (χ3n) is 2.38. The predicted octanol–water partition coefficient (Wildman–Crippen LogP) is 0.595. The molecule has 0 unspecified atom stereocenters. The molecule has 1 aliphatic heterocycles. The first-order chi connectivity index (χ1) is 6.83. The molecule has 0 spiro atoms. The van der Waals surface area contributed by atoms with Gasteiger partial charge in [0.05, 0.1) is 0 Å². The SMILES string of the molecule is CC(C)(C)OC(=O)N1C[C@@H](CO)[C@H](N)C1.Cl. The number of ether oxygens (including phenoxy) is 1. The standard InChI is InChI=1S/C10H20N2O3.ClH/c1-10(2,3)15-9(14)12-4-7(6-13)8(11)5-12;/h7-8,13H,4-6,11H2,1-3H3;1H/t7-,8+;/m0./s1. The van der Waals surface area contributed by atoms with Gasteiger partial charge in [0, 0.05) is 31.7 Å². The lowest BCUT2D eigenvalue weighted by Gasteiger charge is -2.24. The Morgan fingerprint density at radius 1 is 1.50 bits per heavy atom. The molecule has 0 aromatic rings. The first kappa shape index (κ1) is 15.5. The highest BCUT2D eigenvalue weighted by Crippen LogP contribution is 2.18. The van der Waals surface area contributed by atoms with Gasteiger partial charge in [-0.3, -0.25) is 0 Å². The summed E-state index contributed by atoms with van der Waals surface area (Å²) < 4.78 is 5.21. The maximum absolute atomic E-state index is 11.6. The molecule has 0 aromatic heterocycles. The Morgan fingerprint density at radius 2 is 2.06 bits per heavy atom.